The van der Waals surface area contributed by atoms with Gasteiger partial charge in [0.05, 0.1) is 27.3 Å². The van der Waals surface area contributed by atoms with Gasteiger partial charge in [0.2, 0.25) is 0 Å². The fourth-order valence-corrected chi connectivity index (χ4v) is 4.51. The van der Waals surface area contributed by atoms with Gasteiger partial charge < -0.3 is 0 Å². The van der Waals surface area contributed by atoms with Gasteiger partial charge in [-0.15, -0.1) is 0 Å². The number of aromatic nitrogens is 2. The van der Waals surface area contributed by atoms with Crippen LogP contribution in [0.25, 0.3) is 10.9 Å². The molecule has 2 aromatic rings. The van der Waals surface area contributed by atoms with Crippen LogP contribution in [0.2, 0.25) is 0 Å². The maximum atomic E-state index is 12.7. The van der Waals surface area contributed by atoms with E-state index >= 15 is 0 Å². The third kappa shape index (κ3) is 3.07. The molecule has 1 aromatic carbocycles. The largest absolute Gasteiger partial charge is 0.331 e. The molecule has 0 N–H and O–H groups in total. The van der Waals surface area contributed by atoms with Crippen LogP contribution >= 0.6 is 0 Å². The van der Waals surface area contributed by atoms with E-state index in [1.807, 2.05) is 6.92 Å². The van der Waals surface area contributed by atoms with Gasteiger partial charge in [-0.25, -0.2) is 4.79 Å². The first kappa shape index (κ1) is 20.0. The van der Waals surface area contributed by atoms with E-state index in [2.05, 4.69) is 10.5 Å². The number of hydrogen-bond acceptors (Lipinski definition) is 5. The van der Waals surface area contributed by atoms with Crippen LogP contribution in [-0.2, 0) is 23.1 Å². The Balaban J connectivity index is 2.13. The van der Waals surface area contributed by atoms with Gasteiger partial charge in [-0.2, -0.15) is 18.1 Å². The van der Waals surface area contributed by atoms with Crippen molar-refractivity contribution >= 4 is 27.1 Å². The highest BCUT2D eigenvalue weighted by atomic mass is 32.2. The van der Waals surface area contributed by atoms with Crippen LogP contribution in [-0.4, -0.2) is 23.8 Å². The zero-order chi connectivity index (χ0) is 20.7. The Hall–Kier alpha value is -2.73. The lowest BCUT2D eigenvalue weighted by molar-refractivity contribution is 0.597. The summed E-state index contributed by atoms with van der Waals surface area (Å²) >= 11 is 0. The second kappa shape index (κ2) is 7.02. The molecule has 1 saturated carbocycles. The maximum Gasteiger partial charge on any atom is 0.331 e. The van der Waals surface area contributed by atoms with Crippen molar-refractivity contribution in [2.24, 2.45) is 15.7 Å². The molecule has 1 aliphatic carbocycles. The number of nitriles is 1. The number of aryl methyl sites for hydroxylation is 1. The van der Waals surface area contributed by atoms with Gasteiger partial charge in [-0.1, -0.05) is 13.3 Å². The van der Waals surface area contributed by atoms with E-state index in [9.17, 15) is 23.3 Å². The van der Waals surface area contributed by atoms with E-state index in [1.165, 1.54) is 29.0 Å². The second-order valence-corrected chi connectivity index (χ2v) is 8.56. The molecular weight excluding hydrogens is 380 g/mol. The van der Waals surface area contributed by atoms with Gasteiger partial charge in [0, 0.05) is 19.3 Å². The third-order valence-corrected chi connectivity index (χ3v) is 6.63. The predicted octanol–water partition coefficient (Wildman–Crippen LogP) is 1.90. The van der Waals surface area contributed by atoms with Crippen molar-refractivity contribution in [3.05, 3.63) is 39.0 Å². The Labute approximate surface area is 162 Å². The van der Waals surface area contributed by atoms with Crippen molar-refractivity contribution in [2.45, 2.75) is 51.6 Å². The molecule has 0 spiro atoms. The highest BCUT2D eigenvalue weighted by Crippen LogP contribution is 2.52. The molecule has 28 heavy (non-hydrogen) atoms. The lowest BCUT2D eigenvalue weighted by atomic mass is 10.1. The van der Waals surface area contributed by atoms with Crippen LogP contribution in [0, 0.1) is 22.7 Å². The first-order valence-electron chi connectivity index (χ1n) is 9.24. The SMILES string of the molecule is CC[C@@H]1C[C@]1(C#N)/C=N/S(=O)(=O)c1ccc2c(c1)c(=O)n(CC)c(=O)n2CC. The number of rotatable bonds is 6. The lowest BCUT2D eigenvalue weighted by Gasteiger charge is -2.12. The van der Waals surface area contributed by atoms with E-state index in [1.54, 1.807) is 13.8 Å². The quantitative estimate of drug-likeness (QED) is 0.685. The summed E-state index contributed by atoms with van der Waals surface area (Å²) < 4.78 is 31.6. The average molecular weight is 402 g/mol. The van der Waals surface area contributed by atoms with Crippen molar-refractivity contribution in [1.82, 2.24) is 9.13 Å². The van der Waals surface area contributed by atoms with Gasteiger partial charge in [0.15, 0.2) is 0 Å². The zero-order valence-corrected chi connectivity index (χ0v) is 16.9. The topological polar surface area (TPSA) is 114 Å². The molecular formula is C19H22N4O4S. The van der Waals surface area contributed by atoms with Crippen molar-refractivity contribution in [3.63, 3.8) is 0 Å². The van der Waals surface area contributed by atoms with Crippen LogP contribution in [0.15, 0.2) is 37.1 Å². The molecule has 1 fully saturated rings. The standard InChI is InChI=1S/C19H22N4O4S/c1-4-13-10-19(13,11-20)12-21-28(26,27)14-7-8-16-15(9-14)17(24)23(6-3)18(25)22(16)5-2/h7-9,12-13H,4-6,10H2,1-3H3/b21-12+/t13-,19+/m1/s1. The molecule has 8 nitrogen and oxygen atoms in total. The van der Waals surface area contributed by atoms with Crippen LogP contribution in [0.1, 0.15) is 33.6 Å². The number of nitrogens with zero attached hydrogens (tertiary/aromatic N) is 4. The van der Waals surface area contributed by atoms with E-state index in [0.717, 1.165) is 11.0 Å². The monoisotopic (exact) mass is 402 g/mol. The smallest absolute Gasteiger partial charge is 0.293 e. The third-order valence-electron chi connectivity index (χ3n) is 5.40. The highest BCUT2D eigenvalue weighted by molar-refractivity contribution is 7.90. The van der Waals surface area contributed by atoms with Crippen LogP contribution in [0.5, 0.6) is 0 Å². The first-order chi connectivity index (χ1) is 13.2. The van der Waals surface area contributed by atoms with Crippen molar-refractivity contribution in [1.29, 1.82) is 5.26 Å². The number of sulfonamides is 1. The van der Waals surface area contributed by atoms with E-state index in [0.29, 0.717) is 18.5 Å². The maximum absolute atomic E-state index is 12.7. The Kier molecular flexibility index (Phi) is 5.02. The van der Waals surface area contributed by atoms with Crippen LogP contribution < -0.4 is 11.2 Å². The normalized spacial score (nSPS) is 21.9. The molecule has 0 bridgehead atoms. The molecule has 148 valence electrons. The fraction of sp³-hybridized carbons (Fsp3) is 0.474. The summed E-state index contributed by atoms with van der Waals surface area (Å²) in [5.41, 5.74) is -1.40. The minimum absolute atomic E-state index is 0.115. The average Bonchev–Trinajstić information content (AvgIpc) is 3.41. The van der Waals surface area contributed by atoms with Crippen LogP contribution in [0.4, 0.5) is 0 Å². The van der Waals surface area contributed by atoms with Crippen molar-refractivity contribution in [3.8, 4) is 6.07 Å². The minimum Gasteiger partial charge on any atom is -0.293 e. The lowest BCUT2D eigenvalue weighted by Crippen LogP contribution is -2.39. The Morgan fingerprint density at radius 3 is 2.46 bits per heavy atom. The molecule has 0 radical (unpaired) electrons. The minimum atomic E-state index is -4.07. The molecule has 1 aromatic heterocycles. The van der Waals surface area contributed by atoms with E-state index < -0.39 is 26.7 Å². The molecule has 1 aliphatic rings. The van der Waals surface area contributed by atoms with Gasteiger partial charge in [-0.05, 0) is 44.4 Å². The van der Waals surface area contributed by atoms with Crippen molar-refractivity contribution < 1.29 is 8.42 Å². The molecule has 0 aliphatic heterocycles. The summed E-state index contributed by atoms with van der Waals surface area (Å²) in [6.07, 6.45) is 2.60. The molecule has 0 saturated heterocycles. The summed E-state index contributed by atoms with van der Waals surface area (Å²) in [5, 5.41) is 9.48. The second-order valence-electron chi connectivity index (χ2n) is 6.93. The fourth-order valence-electron chi connectivity index (χ4n) is 3.55. The van der Waals surface area contributed by atoms with Gasteiger partial charge in [-0.3, -0.25) is 13.9 Å². The molecule has 2 atom stereocenters. The molecule has 3 rings (SSSR count). The van der Waals surface area contributed by atoms with Crippen LogP contribution in [0.3, 0.4) is 0 Å². The van der Waals surface area contributed by atoms with Gasteiger partial charge >= 0.3 is 5.69 Å². The zero-order valence-electron chi connectivity index (χ0n) is 16.0. The van der Waals surface area contributed by atoms with Gasteiger partial charge in [0.1, 0.15) is 0 Å². The predicted molar refractivity (Wildman–Crippen MR) is 106 cm³/mol. The molecule has 1 heterocycles. The van der Waals surface area contributed by atoms with E-state index in [-0.39, 0.29) is 22.7 Å². The molecule has 0 amide bonds. The molecule has 9 heteroatoms. The number of fused-ring (bicyclic) bond motifs is 1. The first-order valence-corrected chi connectivity index (χ1v) is 10.7. The summed E-state index contributed by atoms with van der Waals surface area (Å²) in [6, 6.07) is 6.19. The Morgan fingerprint density at radius 1 is 1.25 bits per heavy atom. The van der Waals surface area contributed by atoms with Crippen molar-refractivity contribution in [2.75, 3.05) is 0 Å². The summed E-state index contributed by atoms with van der Waals surface area (Å²) in [4.78, 5) is 24.9. The highest BCUT2D eigenvalue weighted by Gasteiger charge is 2.52. The van der Waals surface area contributed by atoms with Gasteiger partial charge in [0.25, 0.3) is 15.6 Å². The number of benzene rings is 1. The summed E-state index contributed by atoms with van der Waals surface area (Å²) in [5.74, 6) is 0.115. The Bertz CT molecular complexity index is 1230. The van der Waals surface area contributed by atoms with E-state index in [4.69, 9.17) is 0 Å². The summed E-state index contributed by atoms with van der Waals surface area (Å²) in [7, 11) is -4.07. The Morgan fingerprint density at radius 2 is 1.93 bits per heavy atom. The summed E-state index contributed by atoms with van der Waals surface area (Å²) in [6.45, 7) is 5.94. The number of hydrogen-bond donors (Lipinski definition) is 0. The molecule has 0 unspecified atom stereocenters.